The van der Waals surface area contributed by atoms with Gasteiger partial charge in [0.15, 0.2) is 0 Å². The standard InChI is InChI=1S/C18H29N/c1-5-11-19-18-12-17(16(18)6-2)15-9-7-14(8-10-15)13(3)4/h7-10,13,16-19H,5-6,11-12H2,1-4H3. The predicted molar refractivity (Wildman–Crippen MR) is 83.8 cm³/mol. The van der Waals surface area contributed by atoms with Gasteiger partial charge in [-0.05, 0) is 48.3 Å². The van der Waals surface area contributed by atoms with Crippen molar-refractivity contribution in [2.45, 2.75) is 64.8 Å². The summed E-state index contributed by atoms with van der Waals surface area (Å²) in [7, 11) is 0. The van der Waals surface area contributed by atoms with Crippen LogP contribution in [0, 0.1) is 5.92 Å². The van der Waals surface area contributed by atoms with Gasteiger partial charge >= 0.3 is 0 Å². The monoisotopic (exact) mass is 259 g/mol. The largest absolute Gasteiger partial charge is 0.314 e. The molecule has 0 aliphatic heterocycles. The summed E-state index contributed by atoms with van der Waals surface area (Å²) in [6.45, 7) is 10.3. The second-order valence-electron chi connectivity index (χ2n) is 6.30. The molecule has 1 fully saturated rings. The fourth-order valence-electron chi connectivity index (χ4n) is 3.35. The summed E-state index contributed by atoms with van der Waals surface area (Å²) >= 11 is 0. The zero-order chi connectivity index (χ0) is 13.8. The lowest BCUT2D eigenvalue weighted by atomic mass is 9.65. The summed E-state index contributed by atoms with van der Waals surface area (Å²) in [6, 6.07) is 10.1. The third-order valence-electron chi connectivity index (χ3n) is 4.70. The molecule has 0 radical (unpaired) electrons. The van der Waals surface area contributed by atoms with E-state index >= 15 is 0 Å². The Morgan fingerprint density at radius 3 is 2.37 bits per heavy atom. The molecule has 1 aliphatic carbocycles. The first kappa shape index (κ1) is 14.6. The van der Waals surface area contributed by atoms with Gasteiger partial charge in [-0.15, -0.1) is 0 Å². The molecule has 19 heavy (non-hydrogen) atoms. The second kappa shape index (κ2) is 6.56. The topological polar surface area (TPSA) is 12.0 Å². The van der Waals surface area contributed by atoms with Crippen LogP contribution in [0.3, 0.4) is 0 Å². The van der Waals surface area contributed by atoms with Crippen LogP contribution in [0.4, 0.5) is 0 Å². The van der Waals surface area contributed by atoms with Gasteiger partial charge in [-0.2, -0.15) is 0 Å². The number of benzene rings is 1. The van der Waals surface area contributed by atoms with E-state index in [0.29, 0.717) is 5.92 Å². The third-order valence-corrected chi connectivity index (χ3v) is 4.70. The van der Waals surface area contributed by atoms with E-state index in [0.717, 1.165) is 17.9 Å². The van der Waals surface area contributed by atoms with Crippen LogP contribution in [0.25, 0.3) is 0 Å². The van der Waals surface area contributed by atoms with Crippen LogP contribution in [-0.2, 0) is 0 Å². The minimum atomic E-state index is 0.636. The van der Waals surface area contributed by atoms with Crippen LogP contribution < -0.4 is 5.32 Å². The fraction of sp³-hybridized carbons (Fsp3) is 0.667. The molecule has 0 saturated heterocycles. The number of nitrogens with one attached hydrogen (secondary N) is 1. The van der Waals surface area contributed by atoms with Crippen molar-refractivity contribution >= 4 is 0 Å². The van der Waals surface area contributed by atoms with Crippen LogP contribution >= 0.6 is 0 Å². The van der Waals surface area contributed by atoms with Crippen LogP contribution in [0.2, 0.25) is 0 Å². The van der Waals surface area contributed by atoms with Crippen molar-refractivity contribution in [1.82, 2.24) is 5.32 Å². The van der Waals surface area contributed by atoms with Crippen LogP contribution in [0.1, 0.15) is 69.9 Å². The highest BCUT2D eigenvalue weighted by atomic mass is 14.9. The van der Waals surface area contributed by atoms with Gasteiger partial charge in [-0.1, -0.05) is 58.4 Å². The molecule has 0 spiro atoms. The molecular formula is C18H29N. The molecule has 3 atom stereocenters. The van der Waals surface area contributed by atoms with Crippen molar-refractivity contribution in [3.05, 3.63) is 35.4 Å². The summed E-state index contributed by atoms with van der Waals surface area (Å²) in [6.07, 6.45) is 3.85. The van der Waals surface area contributed by atoms with E-state index in [-0.39, 0.29) is 0 Å². The third kappa shape index (κ3) is 3.20. The normalized spacial score (nSPS) is 26.5. The highest BCUT2D eigenvalue weighted by Gasteiger charge is 2.39. The molecule has 1 aliphatic rings. The molecule has 1 N–H and O–H groups in total. The predicted octanol–water partition coefficient (Wildman–Crippen LogP) is 4.69. The molecule has 3 unspecified atom stereocenters. The molecular weight excluding hydrogens is 230 g/mol. The summed E-state index contributed by atoms with van der Waals surface area (Å²) < 4.78 is 0. The lowest BCUT2D eigenvalue weighted by Crippen LogP contribution is -2.49. The van der Waals surface area contributed by atoms with Gasteiger partial charge in [-0.25, -0.2) is 0 Å². The Bertz CT molecular complexity index is 379. The Morgan fingerprint density at radius 1 is 1.16 bits per heavy atom. The van der Waals surface area contributed by atoms with Gasteiger partial charge in [0.25, 0.3) is 0 Å². The van der Waals surface area contributed by atoms with Crippen LogP contribution in [0.5, 0.6) is 0 Å². The van der Waals surface area contributed by atoms with Gasteiger partial charge in [-0.3, -0.25) is 0 Å². The Morgan fingerprint density at radius 2 is 1.84 bits per heavy atom. The van der Waals surface area contributed by atoms with Crippen molar-refractivity contribution < 1.29 is 0 Å². The SMILES string of the molecule is CCCNC1CC(c2ccc(C(C)C)cc2)C1CC. The quantitative estimate of drug-likeness (QED) is 0.781. The summed E-state index contributed by atoms with van der Waals surface area (Å²) in [5, 5.41) is 3.70. The number of hydrogen-bond donors (Lipinski definition) is 1. The van der Waals surface area contributed by atoms with Crippen molar-refractivity contribution in [2.75, 3.05) is 6.54 Å². The maximum absolute atomic E-state index is 3.70. The van der Waals surface area contributed by atoms with E-state index in [2.05, 4.69) is 57.3 Å². The Labute approximate surface area is 118 Å². The Kier molecular flexibility index (Phi) is 5.04. The molecule has 106 valence electrons. The molecule has 1 heteroatoms. The van der Waals surface area contributed by atoms with E-state index in [1.807, 2.05) is 0 Å². The van der Waals surface area contributed by atoms with Gasteiger partial charge in [0.05, 0.1) is 0 Å². The van der Waals surface area contributed by atoms with Crippen LogP contribution in [0.15, 0.2) is 24.3 Å². The van der Waals surface area contributed by atoms with Crippen LogP contribution in [-0.4, -0.2) is 12.6 Å². The highest BCUT2D eigenvalue weighted by molar-refractivity contribution is 5.30. The second-order valence-corrected chi connectivity index (χ2v) is 6.30. The lowest BCUT2D eigenvalue weighted by molar-refractivity contribution is 0.161. The van der Waals surface area contributed by atoms with E-state index in [9.17, 15) is 0 Å². The van der Waals surface area contributed by atoms with E-state index < -0.39 is 0 Å². The fourth-order valence-corrected chi connectivity index (χ4v) is 3.35. The van der Waals surface area contributed by atoms with Crippen molar-refractivity contribution in [2.24, 2.45) is 5.92 Å². The first-order valence-electron chi connectivity index (χ1n) is 8.00. The van der Waals surface area contributed by atoms with Gasteiger partial charge in [0, 0.05) is 6.04 Å². The zero-order valence-electron chi connectivity index (χ0n) is 12.9. The molecule has 0 bridgehead atoms. The highest BCUT2D eigenvalue weighted by Crippen LogP contribution is 2.44. The Hall–Kier alpha value is -0.820. The molecule has 0 heterocycles. The number of hydrogen-bond acceptors (Lipinski definition) is 1. The first-order valence-corrected chi connectivity index (χ1v) is 8.00. The van der Waals surface area contributed by atoms with E-state index in [4.69, 9.17) is 0 Å². The van der Waals surface area contributed by atoms with Gasteiger partial charge in [0.1, 0.15) is 0 Å². The lowest BCUT2D eigenvalue weighted by Gasteiger charge is -2.45. The maximum atomic E-state index is 3.70. The molecule has 2 rings (SSSR count). The van der Waals surface area contributed by atoms with Crippen molar-refractivity contribution in [3.63, 3.8) is 0 Å². The number of rotatable bonds is 6. The summed E-state index contributed by atoms with van der Waals surface area (Å²) in [5.41, 5.74) is 3.00. The van der Waals surface area contributed by atoms with E-state index in [1.54, 1.807) is 5.56 Å². The van der Waals surface area contributed by atoms with Crippen molar-refractivity contribution in [1.29, 1.82) is 0 Å². The molecule has 0 amide bonds. The Balaban J connectivity index is 1.99. The zero-order valence-corrected chi connectivity index (χ0v) is 12.9. The maximum Gasteiger partial charge on any atom is 0.0107 e. The molecule has 0 aromatic heterocycles. The summed E-state index contributed by atoms with van der Waals surface area (Å²) in [4.78, 5) is 0. The molecule has 1 saturated carbocycles. The first-order chi connectivity index (χ1) is 9.17. The average molecular weight is 259 g/mol. The molecule has 1 aromatic rings. The minimum absolute atomic E-state index is 0.636. The molecule has 1 aromatic carbocycles. The average Bonchev–Trinajstić information content (AvgIpc) is 2.38. The summed E-state index contributed by atoms with van der Waals surface area (Å²) in [5.74, 6) is 2.24. The molecule has 1 nitrogen and oxygen atoms in total. The van der Waals surface area contributed by atoms with E-state index in [1.165, 1.54) is 31.4 Å². The van der Waals surface area contributed by atoms with Crippen molar-refractivity contribution in [3.8, 4) is 0 Å². The van der Waals surface area contributed by atoms with Gasteiger partial charge in [0.2, 0.25) is 0 Å². The smallest absolute Gasteiger partial charge is 0.0107 e. The van der Waals surface area contributed by atoms with Gasteiger partial charge < -0.3 is 5.32 Å². The minimum Gasteiger partial charge on any atom is -0.314 e.